The number of aliphatic hydroxyl groups is 1. The van der Waals surface area contributed by atoms with E-state index in [9.17, 15) is 5.11 Å². The number of pyridine rings is 1. The average molecular weight is 373 g/mol. The van der Waals surface area contributed by atoms with Crippen LogP contribution in [0.3, 0.4) is 0 Å². The first kappa shape index (κ1) is 18.4. The van der Waals surface area contributed by atoms with Crippen molar-refractivity contribution < 1.29 is 9.84 Å². The van der Waals surface area contributed by atoms with Crippen LogP contribution in [0.25, 0.3) is 10.9 Å². The van der Waals surface area contributed by atoms with Crippen molar-refractivity contribution in [2.45, 2.75) is 38.0 Å². The van der Waals surface area contributed by atoms with Gasteiger partial charge in [0.15, 0.2) is 0 Å². The zero-order valence-electron chi connectivity index (χ0n) is 16.0. The molecule has 5 nitrogen and oxygen atoms in total. The minimum absolute atomic E-state index is 0.291. The van der Waals surface area contributed by atoms with Crippen molar-refractivity contribution in [1.29, 1.82) is 5.26 Å². The van der Waals surface area contributed by atoms with Crippen LogP contribution in [0.4, 0.5) is 0 Å². The van der Waals surface area contributed by atoms with Gasteiger partial charge in [-0.25, -0.2) is 4.98 Å². The monoisotopic (exact) mass is 373 g/mol. The third-order valence-corrected chi connectivity index (χ3v) is 5.32. The number of nitriles is 1. The van der Waals surface area contributed by atoms with E-state index < -0.39 is 11.7 Å². The van der Waals surface area contributed by atoms with Crippen LogP contribution in [0.2, 0.25) is 0 Å². The van der Waals surface area contributed by atoms with Gasteiger partial charge in [0, 0.05) is 10.9 Å². The molecule has 0 saturated carbocycles. The lowest BCUT2D eigenvalue weighted by Crippen LogP contribution is -2.52. The average Bonchev–Trinajstić information content (AvgIpc) is 2.70. The van der Waals surface area contributed by atoms with Crippen molar-refractivity contribution in [3.63, 3.8) is 0 Å². The second-order valence-corrected chi connectivity index (χ2v) is 7.67. The Kier molecular flexibility index (Phi) is 4.76. The molecular formula is C23H23N3O2. The Morgan fingerprint density at radius 1 is 1.14 bits per heavy atom. The molecule has 0 radical (unpaired) electrons. The number of aromatic nitrogens is 1. The Labute approximate surface area is 164 Å². The van der Waals surface area contributed by atoms with Crippen molar-refractivity contribution in [2.24, 2.45) is 0 Å². The maximum atomic E-state index is 11.0. The zero-order valence-corrected chi connectivity index (χ0v) is 16.0. The lowest BCUT2D eigenvalue weighted by molar-refractivity contribution is -0.0638. The fourth-order valence-electron chi connectivity index (χ4n) is 3.81. The van der Waals surface area contributed by atoms with Crippen LogP contribution in [-0.2, 0) is 6.42 Å². The summed E-state index contributed by atoms with van der Waals surface area (Å²) in [6.07, 6.45) is 0.138. The number of hydrogen-bond acceptors (Lipinski definition) is 5. The zero-order chi connectivity index (χ0) is 19.7. The molecule has 28 heavy (non-hydrogen) atoms. The van der Waals surface area contributed by atoms with E-state index >= 15 is 0 Å². The van der Waals surface area contributed by atoms with Gasteiger partial charge in [0.25, 0.3) is 0 Å². The van der Waals surface area contributed by atoms with Gasteiger partial charge in [-0.05, 0) is 56.6 Å². The summed E-state index contributed by atoms with van der Waals surface area (Å²) >= 11 is 0. The fraction of sp³-hybridized carbons (Fsp3) is 0.304. The predicted octanol–water partition coefficient (Wildman–Crippen LogP) is 3.51. The van der Waals surface area contributed by atoms with Gasteiger partial charge in [-0.15, -0.1) is 0 Å². The van der Waals surface area contributed by atoms with E-state index in [1.54, 1.807) is 6.07 Å². The van der Waals surface area contributed by atoms with E-state index in [2.05, 4.69) is 28.5 Å². The van der Waals surface area contributed by atoms with Gasteiger partial charge in [0.1, 0.15) is 29.2 Å². The van der Waals surface area contributed by atoms with Gasteiger partial charge in [0.2, 0.25) is 0 Å². The Bertz CT molecular complexity index is 1040. The normalized spacial score (nSPS) is 20.2. The van der Waals surface area contributed by atoms with Gasteiger partial charge in [-0.2, -0.15) is 5.26 Å². The Morgan fingerprint density at radius 3 is 2.68 bits per heavy atom. The van der Waals surface area contributed by atoms with Crippen molar-refractivity contribution in [3.8, 4) is 11.8 Å². The number of nitrogens with zero attached hydrogens (tertiary/aromatic N) is 2. The molecule has 5 heteroatoms. The lowest BCUT2D eigenvalue weighted by atomic mass is 9.84. The largest absolute Gasteiger partial charge is 0.485 e. The van der Waals surface area contributed by atoms with Crippen molar-refractivity contribution in [2.75, 3.05) is 6.54 Å². The predicted molar refractivity (Wildman–Crippen MR) is 108 cm³/mol. The molecule has 1 aliphatic heterocycles. The smallest absolute Gasteiger partial charge is 0.141 e. The standard InChI is InChI=1S/C23H23N3O2/c1-23(2)22(27)21(25-13-12-15-6-4-3-5-7-15)20-17-9-8-16(14-24)26-18(17)10-11-19(20)28-23/h3-11,21-22,25,27H,12-13H2,1-2H3/t21-,22+/m0/s1. The first-order valence-electron chi connectivity index (χ1n) is 9.48. The minimum atomic E-state index is -0.725. The number of benzene rings is 2. The third-order valence-electron chi connectivity index (χ3n) is 5.32. The Morgan fingerprint density at radius 2 is 1.93 bits per heavy atom. The molecule has 0 fully saturated rings. The summed E-state index contributed by atoms with van der Waals surface area (Å²) in [5.74, 6) is 0.742. The quantitative estimate of drug-likeness (QED) is 0.732. The number of hydrogen-bond donors (Lipinski definition) is 2. The second kappa shape index (κ2) is 7.23. The molecule has 2 atom stereocenters. The molecule has 0 amide bonds. The highest BCUT2D eigenvalue weighted by Crippen LogP contribution is 2.43. The highest BCUT2D eigenvalue weighted by Gasteiger charge is 2.43. The molecule has 0 aliphatic carbocycles. The highest BCUT2D eigenvalue weighted by atomic mass is 16.5. The molecule has 3 aromatic rings. The van der Waals surface area contributed by atoms with Crippen LogP contribution in [0.1, 0.15) is 36.7 Å². The number of ether oxygens (including phenoxy) is 1. The molecule has 0 saturated heterocycles. The van der Waals surface area contributed by atoms with Crippen LogP contribution in [0, 0.1) is 11.3 Å². The van der Waals surface area contributed by atoms with Crippen LogP contribution in [0.5, 0.6) is 5.75 Å². The van der Waals surface area contributed by atoms with Crippen molar-refractivity contribution >= 4 is 10.9 Å². The molecule has 1 aromatic heterocycles. The van der Waals surface area contributed by atoms with Gasteiger partial charge in [0.05, 0.1) is 11.6 Å². The third kappa shape index (κ3) is 3.33. The molecule has 2 aromatic carbocycles. The summed E-state index contributed by atoms with van der Waals surface area (Å²) in [6.45, 7) is 4.52. The Balaban J connectivity index is 1.70. The van der Waals surface area contributed by atoms with E-state index in [1.807, 2.05) is 50.2 Å². The van der Waals surface area contributed by atoms with E-state index in [-0.39, 0.29) is 6.04 Å². The van der Waals surface area contributed by atoms with E-state index in [4.69, 9.17) is 10.00 Å². The first-order chi connectivity index (χ1) is 13.5. The summed E-state index contributed by atoms with van der Waals surface area (Å²) in [5, 5.41) is 24.6. The van der Waals surface area contributed by atoms with E-state index in [0.717, 1.165) is 35.2 Å². The maximum absolute atomic E-state index is 11.0. The van der Waals surface area contributed by atoms with Crippen LogP contribution >= 0.6 is 0 Å². The Hall–Kier alpha value is -2.94. The SMILES string of the molecule is CC1(C)Oc2ccc3nc(C#N)ccc3c2[C@H](NCCc2ccccc2)[C@H]1O. The molecular weight excluding hydrogens is 350 g/mol. The first-order valence-corrected chi connectivity index (χ1v) is 9.48. The molecule has 2 N–H and O–H groups in total. The summed E-state index contributed by atoms with van der Waals surface area (Å²) < 4.78 is 6.11. The fourth-order valence-corrected chi connectivity index (χ4v) is 3.81. The van der Waals surface area contributed by atoms with Gasteiger partial charge >= 0.3 is 0 Å². The molecule has 0 bridgehead atoms. The number of aliphatic hydroxyl groups excluding tert-OH is 1. The topological polar surface area (TPSA) is 78.2 Å². The van der Waals surface area contributed by atoms with Gasteiger partial charge in [-0.3, -0.25) is 0 Å². The van der Waals surface area contributed by atoms with Crippen LogP contribution < -0.4 is 10.1 Å². The molecule has 1 aliphatic rings. The van der Waals surface area contributed by atoms with E-state index in [0.29, 0.717) is 5.69 Å². The van der Waals surface area contributed by atoms with Gasteiger partial charge in [-0.1, -0.05) is 30.3 Å². The maximum Gasteiger partial charge on any atom is 0.141 e. The molecule has 142 valence electrons. The molecule has 0 spiro atoms. The molecule has 4 rings (SSSR count). The van der Waals surface area contributed by atoms with Crippen molar-refractivity contribution in [1.82, 2.24) is 10.3 Å². The van der Waals surface area contributed by atoms with Gasteiger partial charge < -0.3 is 15.2 Å². The van der Waals surface area contributed by atoms with E-state index in [1.165, 1.54) is 5.56 Å². The summed E-state index contributed by atoms with van der Waals surface area (Å²) in [5.41, 5.74) is 2.52. The van der Waals surface area contributed by atoms with Crippen LogP contribution in [-0.4, -0.2) is 28.3 Å². The minimum Gasteiger partial charge on any atom is -0.485 e. The summed E-state index contributed by atoms with van der Waals surface area (Å²) in [6, 6.07) is 19.4. The van der Waals surface area contributed by atoms with Crippen LogP contribution in [0.15, 0.2) is 54.6 Å². The van der Waals surface area contributed by atoms with Crippen molar-refractivity contribution in [3.05, 3.63) is 71.4 Å². The second-order valence-electron chi connectivity index (χ2n) is 7.67. The number of nitrogens with one attached hydrogen (secondary N) is 1. The highest BCUT2D eigenvalue weighted by molar-refractivity contribution is 5.86. The lowest BCUT2D eigenvalue weighted by Gasteiger charge is -2.43. The number of fused-ring (bicyclic) bond motifs is 3. The molecule has 0 unspecified atom stereocenters. The summed E-state index contributed by atoms with van der Waals surface area (Å²) in [4.78, 5) is 4.40. The number of rotatable bonds is 4. The summed E-state index contributed by atoms with van der Waals surface area (Å²) in [7, 11) is 0. The molecule has 2 heterocycles.